The van der Waals surface area contributed by atoms with Gasteiger partial charge in [-0.3, -0.25) is 4.40 Å². The van der Waals surface area contributed by atoms with Crippen LogP contribution in [0.5, 0.6) is 0 Å². The molecule has 0 spiro atoms. The lowest BCUT2D eigenvalue weighted by Gasteiger charge is -2.18. The maximum atomic E-state index is 5.76. The lowest BCUT2D eigenvalue weighted by molar-refractivity contribution is 0.838. The fourth-order valence-corrected chi connectivity index (χ4v) is 3.27. The fraction of sp³-hybridized carbons (Fsp3) is 0.312. The van der Waals surface area contributed by atoms with Crippen LogP contribution in [0.25, 0.3) is 4.96 Å². The van der Waals surface area contributed by atoms with Crippen LogP contribution in [0.2, 0.25) is 0 Å². The van der Waals surface area contributed by atoms with E-state index in [4.69, 9.17) is 10.7 Å². The quantitative estimate of drug-likeness (QED) is 0.761. The van der Waals surface area contributed by atoms with Gasteiger partial charge in [-0.15, -0.1) is 11.3 Å². The zero-order valence-corrected chi connectivity index (χ0v) is 13.0. The third-order valence-electron chi connectivity index (χ3n) is 3.66. The Bertz CT molecular complexity index is 701. The second kappa shape index (κ2) is 6.28. The molecule has 1 aromatic carbocycles. The van der Waals surface area contributed by atoms with Crippen molar-refractivity contribution < 1.29 is 0 Å². The number of anilines is 1. The third kappa shape index (κ3) is 2.94. The van der Waals surface area contributed by atoms with Gasteiger partial charge >= 0.3 is 0 Å². The van der Waals surface area contributed by atoms with Gasteiger partial charge in [0.1, 0.15) is 0 Å². The number of aromatic nitrogens is 2. The normalized spacial score (nSPS) is 11.1. The van der Waals surface area contributed by atoms with Gasteiger partial charge in [-0.25, -0.2) is 4.98 Å². The monoisotopic (exact) mass is 300 g/mol. The lowest BCUT2D eigenvalue weighted by atomic mass is 10.1. The second-order valence-electron chi connectivity index (χ2n) is 5.13. The van der Waals surface area contributed by atoms with Gasteiger partial charge < -0.3 is 10.6 Å². The smallest absolute Gasteiger partial charge is 0.195 e. The van der Waals surface area contributed by atoms with Crippen molar-refractivity contribution in [2.45, 2.75) is 12.8 Å². The second-order valence-corrected chi connectivity index (χ2v) is 6.01. The predicted octanol–water partition coefficient (Wildman–Crippen LogP) is 2.58. The molecule has 3 aromatic rings. The molecule has 4 nitrogen and oxygen atoms in total. The Balaban J connectivity index is 1.78. The number of rotatable bonds is 6. The summed E-state index contributed by atoms with van der Waals surface area (Å²) in [5, 5.41) is 2.07. The van der Waals surface area contributed by atoms with E-state index in [1.807, 2.05) is 0 Å². The van der Waals surface area contributed by atoms with Gasteiger partial charge in [0.05, 0.1) is 5.69 Å². The molecule has 0 aliphatic carbocycles. The van der Waals surface area contributed by atoms with Crippen molar-refractivity contribution in [1.29, 1.82) is 0 Å². The molecule has 2 aromatic heterocycles. The Morgan fingerprint density at radius 2 is 2.05 bits per heavy atom. The van der Waals surface area contributed by atoms with Crippen molar-refractivity contribution in [1.82, 2.24) is 9.38 Å². The average Bonchev–Trinajstić information content (AvgIpc) is 3.09. The van der Waals surface area contributed by atoms with Gasteiger partial charge in [0.2, 0.25) is 0 Å². The average molecular weight is 300 g/mol. The predicted molar refractivity (Wildman–Crippen MR) is 89.2 cm³/mol. The summed E-state index contributed by atoms with van der Waals surface area (Å²) in [7, 11) is 2.11. The first-order valence-electron chi connectivity index (χ1n) is 7.19. The zero-order chi connectivity index (χ0) is 14.7. The molecule has 0 aliphatic rings. The summed E-state index contributed by atoms with van der Waals surface area (Å²) in [6.07, 6.45) is 3.94. The summed E-state index contributed by atoms with van der Waals surface area (Å²) in [5.74, 6) is 1.06. The van der Waals surface area contributed by atoms with E-state index in [0.717, 1.165) is 30.2 Å². The summed E-state index contributed by atoms with van der Waals surface area (Å²) in [4.78, 5) is 8.03. The van der Waals surface area contributed by atoms with Crippen LogP contribution in [0.1, 0.15) is 11.3 Å². The molecule has 110 valence electrons. The van der Waals surface area contributed by atoms with E-state index in [-0.39, 0.29) is 0 Å². The van der Waals surface area contributed by atoms with E-state index < -0.39 is 0 Å². The molecule has 0 radical (unpaired) electrons. The molecule has 21 heavy (non-hydrogen) atoms. The molecule has 0 amide bonds. The molecule has 0 bridgehead atoms. The van der Waals surface area contributed by atoms with Crippen LogP contribution in [-0.2, 0) is 12.8 Å². The van der Waals surface area contributed by atoms with Gasteiger partial charge in [0.25, 0.3) is 0 Å². The first-order chi connectivity index (χ1) is 10.3. The van der Waals surface area contributed by atoms with Crippen LogP contribution in [0, 0.1) is 0 Å². The van der Waals surface area contributed by atoms with Crippen molar-refractivity contribution in [3.63, 3.8) is 0 Å². The highest BCUT2D eigenvalue weighted by atomic mass is 32.1. The summed E-state index contributed by atoms with van der Waals surface area (Å²) in [6, 6.07) is 10.6. The van der Waals surface area contributed by atoms with Crippen molar-refractivity contribution in [2.24, 2.45) is 5.73 Å². The number of benzene rings is 1. The number of hydrogen-bond donors (Lipinski definition) is 1. The summed E-state index contributed by atoms with van der Waals surface area (Å²) in [5.41, 5.74) is 8.32. The van der Waals surface area contributed by atoms with Crippen molar-refractivity contribution in [3.05, 3.63) is 53.2 Å². The molecule has 3 rings (SSSR count). The molecule has 0 unspecified atom stereocenters. The Hall–Kier alpha value is -1.85. The number of thiazole rings is 1. The highest BCUT2D eigenvalue weighted by molar-refractivity contribution is 7.15. The van der Waals surface area contributed by atoms with Crippen LogP contribution in [0.15, 0.2) is 41.9 Å². The van der Waals surface area contributed by atoms with E-state index >= 15 is 0 Å². The molecule has 5 heteroatoms. The molecular formula is C16H20N4S. The number of imidazole rings is 1. The molecule has 0 aliphatic heterocycles. The number of hydrogen-bond acceptors (Lipinski definition) is 4. The van der Waals surface area contributed by atoms with Crippen LogP contribution < -0.4 is 10.6 Å². The van der Waals surface area contributed by atoms with Crippen LogP contribution in [0.4, 0.5) is 5.82 Å². The number of nitrogens with zero attached hydrogens (tertiary/aromatic N) is 3. The first-order valence-corrected chi connectivity index (χ1v) is 8.07. The fourth-order valence-electron chi connectivity index (χ4n) is 2.54. The number of fused-ring (bicyclic) bond motifs is 1. The van der Waals surface area contributed by atoms with E-state index in [1.165, 1.54) is 11.3 Å². The van der Waals surface area contributed by atoms with Gasteiger partial charge in [0, 0.05) is 31.6 Å². The minimum atomic E-state index is 0.642. The van der Waals surface area contributed by atoms with Crippen LogP contribution >= 0.6 is 11.3 Å². The SMILES string of the molecule is CN(CCc1ccccc1)c1nc2sccn2c1CCN. The Morgan fingerprint density at radius 1 is 1.24 bits per heavy atom. The van der Waals surface area contributed by atoms with Crippen LogP contribution in [0.3, 0.4) is 0 Å². The largest absolute Gasteiger partial charge is 0.358 e. The number of nitrogens with two attached hydrogens (primary N) is 1. The molecule has 0 saturated heterocycles. The lowest BCUT2D eigenvalue weighted by Crippen LogP contribution is -2.22. The Morgan fingerprint density at radius 3 is 2.81 bits per heavy atom. The standard InChI is InChI=1S/C16H20N4S/c1-19(10-8-13-5-3-2-4-6-13)15-14(7-9-17)20-11-12-21-16(20)18-15/h2-6,11-12H,7-10,17H2,1H3. The Kier molecular flexibility index (Phi) is 4.22. The van der Waals surface area contributed by atoms with E-state index in [0.29, 0.717) is 6.54 Å². The first kappa shape index (κ1) is 14.1. The summed E-state index contributed by atoms with van der Waals surface area (Å²) in [6.45, 7) is 1.59. The highest BCUT2D eigenvalue weighted by Crippen LogP contribution is 2.24. The van der Waals surface area contributed by atoms with Crippen LogP contribution in [-0.4, -0.2) is 29.5 Å². The third-order valence-corrected chi connectivity index (χ3v) is 4.42. The molecule has 0 atom stereocenters. The molecule has 2 N–H and O–H groups in total. The van der Waals surface area contributed by atoms with Gasteiger partial charge in [-0.2, -0.15) is 0 Å². The number of likely N-dealkylation sites (N-methyl/N-ethyl adjacent to an activating group) is 1. The van der Waals surface area contributed by atoms with Crippen molar-refractivity contribution in [2.75, 3.05) is 25.0 Å². The summed E-state index contributed by atoms with van der Waals surface area (Å²) >= 11 is 1.66. The summed E-state index contributed by atoms with van der Waals surface area (Å²) < 4.78 is 2.16. The molecular weight excluding hydrogens is 280 g/mol. The minimum absolute atomic E-state index is 0.642. The maximum Gasteiger partial charge on any atom is 0.195 e. The zero-order valence-electron chi connectivity index (χ0n) is 12.2. The van der Waals surface area contributed by atoms with Gasteiger partial charge in [-0.1, -0.05) is 30.3 Å². The topological polar surface area (TPSA) is 46.6 Å². The van der Waals surface area contributed by atoms with Crippen molar-refractivity contribution >= 4 is 22.1 Å². The van der Waals surface area contributed by atoms with Crippen molar-refractivity contribution in [3.8, 4) is 0 Å². The van der Waals surface area contributed by atoms with Gasteiger partial charge in [-0.05, 0) is 18.5 Å². The van der Waals surface area contributed by atoms with Gasteiger partial charge in [0.15, 0.2) is 10.8 Å². The van der Waals surface area contributed by atoms with E-state index in [2.05, 4.69) is 58.3 Å². The highest BCUT2D eigenvalue weighted by Gasteiger charge is 2.15. The maximum absolute atomic E-state index is 5.76. The molecule has 2 heterocycles. The van der Waals surface area contributed by atoms with E-state index in [1.54, 1.807) is 11.3 Å². The minimum Gasteiger partial charge on any atom is -0.358 e. The Labute approximate surface area is 128 Å². The molecule has 0 fully saturated rings. The van der Waals surface area contributed by atoms with E-state index in [9.17, 15) is 0 Å². The molecule has 0 saturated carbocycles.